The second-order valence-electron chi connectivity index (χ2n) is 30.4. The summed E-state index contributed by atoms with van der Waals surface area (Å²) in [6.45, 7) is 16.2. The third kappa shape index (κ3) is 24.2. The minimum atomic E-state index is -1.73. The average molecular weight is 1490 g/mol. The monoisotopic (exact) mass is 1490 g/mol. The molecule has 2 saturated heterocycles. The van der Waals surface area contributed by atoms with E-state index in [0.29, 0.717) is 48.3 Å². The van der Waals surface area contributed by atoms with Crippen LogP contribution in [-0.2, 0) is 83.2 Å². The molecule has 11 atom stereocenters. The van der Waals surface area contributed by atoms with Crippen molar-refractivity contribution in [1.29, 1.82) is 0 Å². The molecule has 106 heavy (non-hydrogen) atoms. The third-order valence-electron chi connectivity index (χ3n) is 20.0. The Balaban J connectivity index is 1.53. The van der Waals surface area contributed by atoms with Gasteiger partial charge in [-0.25, -0.2) is 4.98 Å². The number of likely N-dealkylation sites (N-methyl/N-ethyl adjacent to an activating group) is 7. The summed E-state index contributed by atoms with van der Waals surface area (Å²) in [5.74, 6) is -9.57. The molecule has 0 radical (unpaired) electrons. The second kappa shape index (κ2) is 40.6. The zero-order chi connectivity index (χ0) is 78.4. The van der Waals surface area contributed by atoms with Crippen molar-refractivity contribution < 1.29 is 62.6 Å². The molecule has 0 unspecified atom stereocenters. The second-order valence-corrected chi connectivity index (χ2v) is 31.1. The lowest BCUT2D eigenvalue weighted by Gasteiger charge is -2.38. The number of nitrogens with one attached hydrogen (secondary N) is 4. The van der Waals surface area contributed by atoms with Gasteiger partial charge >= 0.3 is 0 Å². The lowest BCUT2D eigenvalue weighted by molar-refractivity contribution is -0.151. The van der Waals surface area contributed by atoms with E-state index in [2.05, 4.69) is 26.3 Å². The Kier molecular flexibility index (Phi) is 32.8. The van der Waals surface area contributed by atoms with Crippen molar-refractivity contribution in [3.63, 3.8) is 0 Å². The Morgan fingerprint density at radius 3 is 1.34 bits per heavy atom. The summed E-state index contributed by atoms with van der Waals surface area (Å²) in [5, 5.41) is 24.6. The number of likely N-dealkylation sites (tertiary alicyclic amines) is 1. The van der Waals surface area contributed by atoms with Crippen LogP contribution >= 0.6 is 11.3 Å². The Hall–Kier alpha value is -9.11. The number of amides is 12. The van der Waals surface area contributed by atoms with Crippen molar-refractivity contribution >= 4 is 82.2 Å². The van der Waals surface area contributed by atoms with E-state index in [4.69, 9.17) is 0 Å². The number of rotatable bonds is 18. The number of benzene rings is 3. The molecule has 27 heteroatoms. The van der Waals surface area contributed by atoms with Gasteiger partial charge < -0.3 is 65.6 Å². The van der Waals surface area contributed by atoms with Gasteiger partial charge in [-0.05, 0) is 92.2 Å². The molecule has 2 fully saturated rings. The smallest absolute Gasteiger partial charge is 0.248 e. The van der Waals surface area contributed by atoms with E-state index in [1.807, 2.05) is 55.4 Å². The number of thiazole rings is 1. The van der Waals surface area contributed by atoms with Crippen molar-refractivity contribution in [1.82, 2.24) is 65.5 Å². The number of piperidine rings is 1. The molecule has 0 aliphatic carbocycles. The van der Waals surface area contributed by atoms with E-state index in [0.717, 1.165) is 21.1 Å². The van der Waals surface area contributed by atoms with Gasteiger partial charge in [-0.1, -0.05) is 146 Å². The minimum Gasteiger partial charge on any atom is -0.391 e. The highest BCUT2D eigenvalue weighted by atomic mass is 32.1. The maximum absolute atomic E-state index is 15.8. The van der Waals surface area contributed by atoms with Crippen LogP contribution in [0, 0.1) is 23.7 Å². The van der Waals surface area contributed by atoms with E-state index < -0.39 is 150 Å². The first-order chi connectivity index (χ1) is 50.1. The molecular formula is C79H115N13O13S. The summed E-state index contributed by atoms with van der Waals surface area (Å²) in [4.78, 5) is 197. The molecule has 1 aromatic heterocycles. The Labute approximate surface area is 630 Å². The summed E-state index contributed by atoms with van der Waals surface area (Å²) in [6, 6.07) is 13.0. The summed E-state index contributed by atoms with van der Waals surface area (Å²) < 4.78 is 0. The molecule has 0 saturated carbocycles. The van der Waals surface area contributed by atoms with Crippen molar-refractivity contribution in [3.05, 3.63) is 124 Å². The van der Waals surface area contributed by atoms with Gasteiger partial charge in [0.2, 0.25) is 70.9 Å². The predicted octanol–water partition coefficient (Wildman–Crippen LogP) is 4.75. The van der Waals surface area contributed by atoms with Crippen LogP contribution in [0.25, 0.3) is 0 Å². The highest BCUT2D eigenvalue weighted by Crippen LogP contribution is 2.25. The zero-order valence-corrected chi connectivity index (χ0v) is 65.7. The third-order valence-corrected chi connectivity index (χ3v) is 20.6. The molecule has 3 aromatic carbocycles. The van der Waals surface area contributed by atoms with Crippen molar-refractivity contribution in [3.8, 4) is 0 Å². The molecule has 2 aliphatic heterocycles. The number of carbonyl (C=O) groups excluding carboxylic acids is 12. The maximum atomic E-state index is 15.8. The van der Waals surface area contributed by atoms with Gasteiger partial charge in [0.25, 0.3) is 0 Å². The quantitative estimate of drug-likeness (QED) is 0.0898. The van der Waals surface area contributed by atoms with Gasteiger partial charge in [-0.2, -0.15) is 0 Å². The molecular weight excluding hydrogens is 1370 g/mol. The van der Waals surface area contributed by atoms with Crippen LogP contribution in [0.15, 0.2) is 102 Å². The molecule has 0 bridgehead atoms. The van der Waals surface area contributed by atoms with Crippen molar-refractivity contribution in [2.24, 2.45) is 23.7 Å². The predicted molar refractivity (Wildman–Crippen MR) is 406 cm³/mol. The number of aromatic nitrogens is 1. The van der Waals surface area contributed by atoms with Gasteiger partial charge in [0.05, 0.1) is 30.3 Å². The van der Waals surface area contributed by atoms with Crippen molar-refractivity contribution in [2.45, 2.75) is 206 Å². The first kappa shape index (κ1) is 85.8. The van der Waals surface area contributed by atoms with Crippen molar-refractivity contribution in [2.75, 3.05) is 69.0 Å². The highest BCUT2D eigenvalue weighted by Gasteiger charge is 2.44. The average Bonchev–Trinajstić information content (AvgIpc) is 0.928. The molecule has 6 rings (SSSR count). The van der Waals surface area contributed by atoms with Crippen LogP contribution in [0.4, 0.5) is 0 Å². The number of carbonyl (C=O) groups is 12. The Morgan fingerprint density at radius 2 is 0.849 bits per heavy atom. The summed E-state index contributed by atoms with van der Waals surface area (Å²) in [7, 11) is 9.83. The van der Waals surface area contributed by atoms with Crippen LogP contribution < -0.4 is 21.3 Å². The maximum Gasteiger partial charge on any atom is 0.248 e. The minimum absolute atomic E-state index is 0.0596. The zero-order valence-electron chi connectivity index (χ0n) is 64.9. The van der Waals surface area contributed by atoms with Crippen LogP contribution in [-0.4, -0.2) is 256 Å². The molecule has 12 amide bonds. The van der Waals surface area contributed by atoms with E-state index >= 15 is 33.6 Å². The SMILES string of the molecule is CC(C)C[C@@H]1NC(=O)[C@H](CC(C)C)N(C)C(=O)C[C@@H](C(=O)N2CCCCC2)NC(=O)[C@H](CC(C)C)N(C)C(=O)CN(C)C(=O)[C@H]([C@@H](C)O)NC(=O)[C@H](Cc2cscn2)N(C)C(=O)[C@H](Cc2ccccc2)N(C)C(=O)[C@H](Cc2ccccc2)NC(=O)[C@H](Cc2ccccc2)N(C)C(=O)[C@H](CC(C)C)N(C)C1=O. The van der Waals surface area contributed by atoms with Gasteiger partial charge in [0, 0.05) is 93.5 Å². The standard InChI is InChI=1S/C79H115N13O13S/c1-49(2)37-58-74(100)90(15)65(40-52(7)8)77(103)88(13)63(42-55-31-23-18-24-32-55)72(98)82-59(41-54-29-21-17-22-30-54)75(101)91(16)66(43-56-33-25-19-26-34-56)78(104)89(14)64(44-57-47-106-48-80-57)73(99)84-69(53(9)93)79(105)85(10)46-68(95)87(12)62(39-51(5)6)71(97)83-60(76(102)92-35-27-20-28-36-92)45-67(94)86(11)61(38-50(3)4)70(96)81-58/h17-19,21-26,29-34,47-53,58-66,69,93H,20,27-28,35-46H2,1-16H3,(H,81,96)(H,82,98)(H,83,97)(H,84,99)/t53-,58+,59+,60+,61+,62+,63+,64+,65+,66+,69+/m1/s1. The number of aliphatic hydroxyl groups excluding tert-OH is 1. The summed E-state index contributed by atoms with van der Waals surface area (Å²) in [6.07, 6.45) is -0.105. The molecule has 5 N–H and O–H groups in total. The molecule has 4 aromatic rings. The summed E-state index contributed by atoms with van der Waals surface area (Å²) >= 11 is 1.23. The largest absolute Gasteiger partial charge is 0.391 e. The molecule has 26 nitrogen and oxygen atoms in total. The van der Waals surface area contributed by atoms with E-state index in [1.165, 1.54) is 87.2 Å². The number of hydrogen-bond acceptors (Lipinski definition) is 15. The van der Waals surface area contributed by atoms with Gasteiger partial charge in [-0.3, -0.25) is 57.5 Å². The van der Waals surface area contributed by atoms with Gasteiger partial charge in [-0.15, -0.1) is 11.3 Å². The number of nitrogens with zero attached hydrogens (tertiary/aromatic N) is 9. The molecule has 3 heterocycles. The van der Waals surface area contributed by atoms with E-state index in [-0.39, 0.29) is 75.0 Å². The molecule has 0 spiro atoms. The lowest BCUT2D eigenvalue weighted by atomic mass is 9.96. The Bertz CT molecular complexity index is 3600. The fourth-order valence-electron chi connectivity index (χ4n) is 13.6. The fraction of sp³-hybridized carbons (Fsp3) is 0.582. The van der Waals surface area contributed by atoms with Gasteiger partial charge in [0.1, 0.15) is 60.4 Å². The first-order valence-electron chi connectivity index (χ1n) is 37.1. The fourth-order valence-corrected chi connectivity index (χ4v) is 14.2. The lowest BCUT2D eigenvalue weighted by Crippen LogP contribution is -2.62. The van der Waals surface area contributed by atoms with E-state index in [1.54, 1.807) is 107 Å². The number of aliphatic hydroxyl groups is 1. The summed E-state index contributed by atoms with van der Waals surface area (Å²) in [5.41, 5.74) is 3.84. The Morgan fingerprint density at radius 1 is 0.443 bits per heavy atom. The number of hydrogen-bond donors (Lipinski definition) is 5. The van der Waals surface area contributed by atoms with Crippen LogP contribution in [0.3, 0.4) is 0 Å². The first-order valence-corrected chi connectivity index (χ1v) is 38.0. The molecule has 2 aliphatic rings. The van der Waals surface area contributed by atoms with Crippen LogP contribution in [0.1, 0.15) is 136 Å². The topological polar surface area (TPSA) is 312 Å². The normalized spacial score (nSPS) is 24.3. The van der Waals surface area contributed by atoms with Gasteiger partial charge in [0.15, 0.2) is 0 Å². The van der Waals surface area contributed by atoms with Crippen LogP contribution in [0.5, 0.6) is 0 Å². The highest BCUT2D eigenvalue weighted by molar-refractivity contribution is 7.07. The molecule has 580 valence electrons. The van der Waals surface area contributed by atoms with Crippen LogP contribution in [0.2, 0.25) is 0 Å². The van der Waals surface area contributed by atoms with E-state index in [9.17, 15) is 29.1 Å².